The van der Waals surface area contributed by atoms with E-state index in [-0.39, 0.29) is 5.56 Å². The maximum Gasteiger partial charge on any atom is 0.328 e. The van der Waals surface area contributed by atoms with Gasteiger partial charge < -0.3 is 14.8 Å². The number of para-hydroxylation sites is 3. The van der Waals surface area contributed by atoms with Crippen LogP contribution in [0.25, 0.3) is 0 Å². The summed E-state index contributed by atoms with van der Waals surface area (Å²) in [6, 6.07) is 13.1. The van der Waals surface area contributed by atoms with Gasteiger partial charge in [0.05, 0.1) is 25.5 Å². The van der Waals surface area contributed by atoms with Gasteiger partial charge in [-0.15, -0.1) is 0 Å². The van der Waals surface area contributed by atoms with E-state index >= 15 is 0 Å². The Balaban J connectivity index is 1.95. The number of anilines is 1. The minimum absolute atomic E-state index is 0.218. The van der Waals surface area contributed by atoms with Crippen LogP contribution in [-0.2, 0) is 9.59 Å². The van der Waals surface area contributed by atoms with Gasteiger partial charge in [-0.2, -0.15) is 0 Å². The molecule has 0 aliphatic rings. The molecule has 25 heavy (non-hydrogen) atoms. The topological polar surface area (TPSA) is 106 Å². The number of hydrogen-bond donors (Lipinski definition) is 3. The number of rotatable bonds is 4. The third kappa shape index (κ3) is 4.47. The largest absolute Gasteiger partial charge is 0.496 e. The zero-order valence-corrected chi connectivity index (χ0v) is 13.7. The second-order valence-corrected chi connectivity index (χ2v) is 4.76. The molecule has 0 unspecified atom stereocenters. The molecule has 8 nitrogen and oxygen atoms in total. The predicted molar refractivity (Wildman–Crippen MR) is 90.2 cm³/mol. The molecule has 0 aliphatic carbocycles. The van der Waals surface area contributed by atoms with E-state index in [1.54, 1.807) is 42.5 Å². The first-order valence-electron chi connectivity index (χ1n) is 7.24. The van der Waals surface area contributed by atoms with Crippen molar-refractivity contribution in [3.05, 3.63) is 54.1 Å². The van der Waals surface area contributed by atoms with Crippen LogP contribution in [0.1, 0.15) is 10.4 Å². The molecule has 3 amide bonds. The van der Waals surface area contributed by atoms with Crippen LogP contribution in [0.2, 0.25) is 0 Å². The lowest BCUT2D eigenvalue weighted by atomic mass is 10.2. The van der Waals surface area contributed by atoms with Gasteiger partial charge in [0, 0.05) is 0 Å². The molecule has 3 N–H and O–H groups in total. The van der Waals surface area contributed by atoms with Gasteiger partial charge in [-0.25, -0.2) is 0 Å². The Hall–Kier alpha value is -3.55. The van der Waals surface area contributed by atoms with E-state index in [0.29, 0.717) is 17.2 Å². The maximum absolute atomic E-state index is 12.1. The zero-order chi connectivity index (χ0) is 18.2. The van der Waals surface area contributed by atoms with E-state index in [2.05, 4.69) is 10.7 Å². The van der Waals surface area contributed by atoms with Gasteiger partial charge in [-0.3, -0.25) is 25.2 Å². The number of benzene rings is 2. The lowest BCUT2D eigenvalue weighted by Gasteiger charge is -2.11. The number of methoxy groups -OCH3 is 2. The quantitative estimate of drug-likeness (QED) is 0.569. The van der Waals surface area contributed by atoms with E-state index < -0.39 is 17.7 Å². The van der Waals surface area contributed by atoms with Crippen molar-refractivity contribution in [1.82, 2.24) is 10.9 Å². The molecule has 0 fully saturated rings. The Kier molecular flexibility index (Phi) is 5.94. The molecule has 0 aromatic heterocycles. The summed E-state index contributed by atoms with van der Waals surface area (Å²) in [6.45, 7) is 0. The van der Waals surface area contributed by atoms with Crippen LogP contribution in [0.5, 0.6) is 11.5 Å². The summed E-state index contributed by atoms with van der Waals surface area (Å²) in [5, 5.41) is 2.40. The molecule has 0 aliphatic heterocycles. The fourth-order valence-electron chi connectivity index (χ4n) is 2.00. The van der Waals surface area contributed by atoms with Crippen molar-refractivity contribution in [3.8, 4) is 11.5 Å². The maximum atomic E-state index is 12.1. The van der Waals surface area contributed by atoms with Gasteiger partial charge in [-0.05, 0) is 24.3 Å². The van der Waals surface area contributed by atoms with Crippen molar-refractivity contribution in [2.45, 2.75) is 0 Å². The minimum Gasteiger partial charge on any atom is -0.496 e. The van der Waals surface area contributed by atoms with E-state index in [9.17, 15) is 14.4 Å². The summed E-state index contributed by atoms with van der Waals surface area (Å²) in [4.78, 5) is 35.8. The van der Waals surface area contributed by atoms with Crippen LogP contribution in [0.4, 0.5) is 5.69 Å². The highest BCUT2D eigenvalue weighted by Gasteiger charge is 2.18. The fraction of sp³-hybridized carbons (Fsp3) is 0.118. The molecular weight excluding hydrogens is 326 g/mol. The molecule has 0 radical (unpaired) electrons. The van der Waals surface area contributed by atoms with Crippen LogP contribution in [0.15, 0.2) is 48.5 Å². The van der Waals surface area contributed by atoms with Crippen molar-refractivity contribution in [1.29, 1.82) is 0 Å². The third-order valence-electron chi connectivity index (χ3n) is 3.20. The van der Waals surface area contributed by atoms with Gasteiger partial charge >= 0.3 is 11.8 Å². The molecule has 130 valence electrons. The second-order valence-electron chi connectivity index (χ2n) is 4.76. The van der Waals surface area contributed by atoms with Gasteiger partial charge in [0.25, 0.3) is 5.91 Å². The molecule has 2 aromatic carbocycles. The Bertz CT molecular complexity index is 791. The summed E-state index contributed by atoms with van der Waals surface area (Å²) in [5.74, 6) is -1.86. The lowest BCUT2D eigenvalue weighted by molar-refractivity contribution is -0.136. The van der Waals surface area contributed by atoms with Gasteiger partial charge in [-0.1, -0.05) is 24.3 Å². The highest BCUT2D eigenvalue weighted by atomic mass is 16.5. The molecule has 0 saturated carbocycles. The minimum atomic E-state index is -1.03. The van der Waals surface area contributed by atoms with E-state index in [1.165, 1.54) is 20.3 Å². The van der Waals surface area contributed by atoms with Crippen LogP contribution < -0.4 is 25.6 Å². The number of carbonyl (C=O) groups excluding carboxylic acids is 3. The van der Waals surface area contributed by atoms with Crippen molar-refractivity contribution >= 4 is 23.4 Å². The normalized spacial score (nSPS) is 9.68. The summed E-state index contributed by atoms with van der Waals surface area (Å²) >= 11 is 0. The van der Waals surface area contributed by atoms with Crippen molar-refractivity contribution in [3.63, 3.8) is 0 Å². The molecule has 2 rings (SSSR count). The smallest absolute Gasteiger partial charge is 0.328 e. The van der Waals surface area contributed by atoms with Crippen molar-refractivity contribution in [2.24, 2.45) is 0 Å². The summed E-state index contributed by atoms with van der Waals surface area (Å²) in [6.07, 6.45) is 0. The van der Waals surface area contributed by atoms with Crippen molar-refractivity contribution < 1.29 is 23.9 Å². The van der Waals surface area contributed by atoms with Crippen LogP contribution >= 0.6 is 0 Å². The molecule has 2 aromatic rings. The molecule has 8 heteroatoms. The number of hydrogen-bond acceptors (Lipinski definition) is 5. The summed E-state index contributed by atoms with van der Waals surface area (Å²) < 4.78 is 10.1. The standard InChI is InChI=1S/C17H17N3O5/c1-24-13-9-5-3-7-11(13)15(21)19-20-17(23)16(22)18-12-8-4-6-10-14(12)25-2/h3-10H,1-2H3,(H,18,22)(H,19,21)(H,20,23). The molecule has 0 saturated heterocycles. The Morgan fingerprint density at radius 1 is 0.760 bits per heavy atom. The predicted octanol–water partition coefficient (Wildman–Crippen LogP) is 1.10. The van der Waals surface area contributed by atoms with Gasteiger partial charge in [0.2, 0.25) is 0 Å². The molecule has 0 heterocycles. The number of ether oxygens (including phenoxy) is 2. The monoisotopic (exact) mass is 343 g/mol. The first kappa shape index (κ1) is 17.8. The molecular formula is C17H17N3O5. The van der Waals surface area contributed by atoms with Crippen LogP contribution in [0.3, 0.4) is 0 Å². The fourth-order valence-corrected chi connectivity index (χ4v) is 2.00. The average molecular weight is 343 g/mol. The van der Waals surface area contributed by atoms with Crippen LogP contribution in [0, 0.1) is 0 Å². The van der Waals surface area contributed by atoms with Crippen molar-refractivity contribution in [2.75, 3.05) is 19.5 Å². The van der Waals surface area contributed by atoms with E-state index in [0.717, 1.165) is 0 Å². The van der Waals surface area contributed by atoms with Gasteiger partial charge in [0.1, 0.15) is 11.5 Å². The Labute approximate surface area is 144 Å². The SMILES string of the molecule is COc1ccccc1NC(=O)C(=O)NNC(=O)c1ccccc1OC. The lowest BCUT2D eigenvalue weighted by Crippen LogP contribution is -2.46. The summed E-state index contributed by atoms with van der Waals surface area (Å²) in [7, 11) is 2.86. The highest BCUT2D eigenvalue weighted by molar-refractivity contribution is 6.39. The van der Waals surface area contributed by atoms with E-state index in [4.69, 9.17) is 9.47 Å². The third-order valence-corrected chi connectivity index (χ3v) is 3.20. The first-order chi connectivity index (χ1) is 12.1. The second kappa shape index (κ2) is 8.34. The number of carbonyl (C=O) groups is 3. The van der Waals surface area contributed by atoms with E-state index in [1.807, 2.05) is 5.43 Å². The average Bonchev–Trinajstić information content (AvgIpc) is 2.66. The molecule has 0 bridgehead atoms. The molecule has 0 atom stereocenters. The first-order valence-corrected chi connectivity index (χ1v) is 7.24. The number of hydrazine groups is 1. The number of nitrogens with one attached hydrogen (secondary N) is 3. The summed E-state index contributed by atoms with van der Waals surface area (Å²) in [5.41, 5.74) is 4.75. The van der Waals surface area contributed by atoms with Crippen LogP contribution in [-0.4, -0.2) is 31.9 Å². The zero-order valence-electron chi connectivity index (χ0n) is 13.7. The highest BCUT2D eigenvalue weighted by Crippen LogP contribution is 2.22. The van der Waals surface area contributed by atoms with Gasteiger partial charge in [0.15, 0.2) is 0 Å². The molecule has 0 spiro atoms. The number of amides is 3. The Morgan fingerprint density at radius 3 is 2.04 bits per heavy atom. The Morgan fingerprint density at radius 2 is 1.36 bits per heavy atom.